The monoisotopic (exact) mass is 1480 g/mol. The molecule has 17 nitrogen and oxygen atoms in total. The highest BCUT2D eigenvalue weighted by Gasteiger charge is 2.30. The quantitative estimate of drug-likeness (QED) is 0.0222. The summed E-state index contributed by atoms with van der Waals surface area (Å²) in [7, 11) is -9.91. The van der Waals surface area contributed by atoms with Crippen molar-refractivity contribution in [1.82, 2.24) is 0 Å². The van der Waals surface area contributed by atoms with Gasteiger partial charge in [0.15, 0.2) is 12.2 Å². The third-order valence-corrected chi connectivity index (χ3v) is 21.3. The molecule has 0 aromatic heterocycles. The molecule has 0 rings (SSSR count). The zero-order valence-electron chi connectivity index (χ0n) is 65.9. The lowest BCUT2D eigenvalue weighted by atomic mass is 10.0. The van der Waals surface area contributed by atoms with E-state index >= 15 is 0 Å². The summed E-state index contributed by atoms with van der Waals surface area (Å²) in [5.41, 5.74) is 0. The summed E-state index contributed by atoms with van der Waals surface area (Å²) in [6, 6.07) is 0. The number of unbranched alkanes of at least 4 members (excludes halogenated alkanes) is 57. The molecule has 0 saturated carbocycles. The van der Waals surface area contributed by atoms with Crippen LogP contribution in [0.3, 0.4) is 0 Å². The lowest BCUT2D eigenvalue weighted by Gasteiger charge is -2.21. The summed E-state index contributed by atoms with van der Waals surface area (Å²) in [6.07, 6.45) is 69.7. The van der Waals surface area contributed by atoms with Crippen LogP contribution in [0.2, 0.25) is 0 Å². The molecular formula is C82H160O17P2. The molecule has 5 atom stereocenters. The van der Waals surface area contributed by atoms with E-state index in [1.807, 2.05) is 0 Å². The molecule has 0 amide bonds. The number of hydrogen-bond acceptors (Lipinski definition) is 15. The highest BCUT2D eigenvalue weighted by molar-refractivity contribution is 7.47. The molecule has 0 radical (unpaired) electrons. The third-order valence-electron chi connectivity index (χ3n) is 19.4. The number of carbonyl (C=O) groups is 4. The van der Waals surface area contributed by atoms with Gasteiger partial charge in [0.05, 0.1) is 26.4 Å². The fourth-order valence-electron chi connectivity index (χ4n) is 12.8. The van der Waals surface area contributed by atoms with Crippen molar-refractivity contribution in [2.24, 2.45) is 0 Å². The third kappa shape index (κ3) is 76.1. The van der Waals surface area contributed by atoms with E-state index in [9.17, 15) is 43.2 Å². The van der Waals surface area contributed by atoms with Crippen molar-refractivity contribution in [1.29, 1.82) is 0 Å². The zero-order valence-corrected chi connectivity index (χ0v) is 67.7. The number of rotatable bonds is 83. The standard InChI is InChI=1S/C82H160O17P2/c1-5-9-13-17-21-25-28-30-32-34-36-38-40-42-44-46-48-52-55-59-63-67-80(85)93-73-78(99-82(87)69-65-61-57-53-49-47-45-43-41-39-37-35-33-31-29-26-22-18-14-10-6-2)75-97-101(90,91)95-71-76(83)70-94-100(88,89)96-74-77(72-92-79(84)66-62-58-54-50-24-20-16-12-8-4)98-81(86)68-64-60-56-51-27-23-19-15-11-7-3/h76-78,83H,5-75H2,1-4H3,(H,88,89)(H,90,91)/t76-,77+,78+/m0/s1. The first-order valence-electron chi connectivity index (χ1n) is 42.8. The van der Waals surface area contributed by atoms with Crippen molar-refractivity contribution in [3.63, 3.8) is 0 Å². The van der Waals surface area contributed by atoms with Gasteiger partial charge in [0.25, 0.3) is 0 Å². The van der Waals surface area contributed by atoms with Gasteiger partial charge in [0.2, 0.25) is 0 Å². The Kier molecular flexibility index (Phi) is 74.8. The Labute approximate surface area is 619 Å². The van der Waals surface area contributed by atoms with Gasteiger partial charge in [-0.1, -0.05) is 394 Å². The molecule has 3 N–H and O–H groups in total. The van der Waals surface area contributed by atoms with Crippen LogP contribution in [0.15, 0.2) is 0 Å². The van der Waals surface area contributed by atoms with E-state index in [2.05, 4.69) is 27.7 Å². The smallest absolute Gasteiger partial charge is 0.462 e. The lowest BCUT2D eigenvalue weighted by molar-refractivity contribution is -0.161. The van der Waals surface area contributed by atoms with Crippen LogP contribution in [-0.2, 0) is 65.4 Å². The van der Waals surface area contributed by atoms with Gasteiger partial charge in [0, 0.05) is 25.7 Å². The van der Waals surface area contributed by atoms with Crippen LogP contribution in [0.1, 0.15) is 445 Å². The predicted molar refractivity (Wildman–Crippen MR) is 414 cm³/mol. The Bertz CT molecular complexity index is 1910. The second-order valence-electron chi connectivity index (χ2n) is 29.5. The SMILES string of the molecule is CCCCCCCCCCCCCCCCCCCCCCCC(=O)OC[C@H](COP(=O)(O)OC[C@@H](O)COP(=O)(O)OC[C@@H](COC(=O)CCCCCCCCCCC)OC(=O)CCCCCCCCCCCC)OC(=O)CCCCCCCCCCCCCCCCCCCCCCC. The fraction of sp³-hybridized carbons (Fsp3) is 0.951. The van der Waals surface area contributed by atoms with Gasteiger partial charge >= 0.3 is 39.5 Å². The number of carbonyl (C=O) groups excluding carboxylic acids is 4. The highest BCUT2D eigenvalue weighted by atomic mass is 31.2. The van der Waals surface area contributed by atoms with E-state index in [0.717, 1.165) is 89.9 Å². The first-order valence-corrected chi connectivity index (χ1v) is 45.8. The van der Waals surface area contributed by atoms with Crippen molar-refractivity contribution in [2.45, 2.75) is 463 Å². The summed E-state index contributed by atoms with van der Waals surface area (Å²) in [5, 5.41) is 10.6. The summed E-state index contributed by atoms with van der Waals surface area (Å²) >= 11 is 0. The van der Waals surface area contributed by atoms with Crippen molar-refractivity contribution < 1.29 is 80.2 Å². The van der Waals surface area contributed by atoms with Crippen LogP contribution in [-0.4, -0.2) is 96.7 Å². The largest absolute Gasteiger partial charge is 0.472 e. The Morgan fingerprint density at radius 2 is 0.396 bits per heavy atom. The predicted octanol–water partition coefficient (Wildman–Crippen LogP) is 25.0. The van der Waals surface area contributed by atoms with Gasteiger partial charge in [-0.25, -0.2) is 9.13 Å². The lowest BCUT2D eigenvalue weighted by Crippen LogP contribution is -2.30. The Morgan fingerprint density at radius 3 is 0.584 bits per heavy atom. The van der Waals surface area contributed by atoms with Crippen LogP contribution in [0.25, 0.3) is 0 Å². The maximum atomic E-state index is 13.1. The molecule has 0 aliphatic rings. The minimum Gasteiger partial charge on any atom is -0.462 e. The second kappa shape index (κ2) is 76.3. The Hall–Kier alpha value is -1.94. The molecule has 2 unspecified atom stereocenters. The number of aliphatic hydroxyl groups is 1. The molecule has 0 aromatic rings. The average Bonchev–Trinajstić information content (AvgIpc) is 1.04. The molecule has 0 heterocycles. The molecule has 19 heteroatoms. The molecule has 101 heavy (non-hydrogen) atoms. The van der Waals surface area contributed by atoms with Crippen LogP contribution >= 0.6 is 15.6 Å². The van der Waals surface area contributed by atoms with Crippen LogP contribution in [0.5, 0.6) is 0 Å². The number of hydrogen-bond donors (Lipinski definition) is 3. The first kappa shape index (κ1) is 99.1. The maximum Gasteiger partial charge on any atom is 0.472 e. The number of phosphoric ester groups is 2. The first-order chi connectivity index (χ1) is 49.2. The zero-order chi connectivity index (χ0) is 73.9. The molecule has 0 aromatic carbocycles. The maximum absolute atomic E-state index is 13.1. The van der Waals surface area contributed by atoms with E-state index in [1.165, 1.54) is 276 Å². The van der Waals surface area contributed by atoms with E-state index in [4.69, 9.17) is 37.0 Å². The van der Waals surface area contributed by atoms with Crippen molar-refractivity contribution in [3.05, 3.63) is 0 Å². The van der Waals surface area contributed by atoms with E-state index in [1.54, 1.807) is 0 Å². The minimum atomic E-state index is -4.96. The van der Waals surface area contributed by atoms with E-state index < -0.39 is 97.5 Å². The van der Waals surface area contributed by atoms with Crippen molar-refractivity contribution >= 4 is 39.5 Å². The second-order valence-corrected chi connectivity index (χ2v) is 32.4. The molecule has 0 aliphatic heterocycles. The number of esters is 4. The highest BCUT2D eigenvalue weighted by Crippen LogP contribution is 2.45. The van der Waals surface area contributed by atoms with Gasteiger partial charge in [-0.05, 0) is 25.7 Å². The van der Waals surface area contributed by atoms with E-state index in [-0.39, 0.29) is 25.7 Å². The summed E-state index contributed by atoms with van der Waals surface area (Å²) in [6.45, 7) is 4.99. The van der Waals surface area contributed by atoms with Crippen LogP contribution in [0, 0.1) is 0 Å². The van der Waals surface area contributed by atoms with Crippen LogP contribution < -0.4 is 0 Å². The number of phosphoric acid groups is 2. The molecule has 0 saturated heterocycles. The summed E-state index contributed by atoms with van der Waals surface area (Å²) in [5.74, 6) is -2.11. The van der Waals surface area contributed by atoms with Gasteiger partial charge in [-0.15, -0.1) is 0 Å². The summed E-state index contributed by atoms with van der Waals surface area (Å²) < 4.78 is 68.6. The van der Waals surface area contributed by atoms with E-state index in [0.29, 0.717) is 25.7 Å². The van der Waals surface area contributed by atoms with Gasteiger partial charge in [0.1, 0.15) is 19.3 Å². The number of ether oxygens (including phenoxy) is 4. The minimum absolute atomic E-state index is 0.107. The molecule has 0 spiro atoms. The topological polar surface area (TPSA) is 237 Å². The molecule has 0 fully saturated rings. The average molecular weight is 1480 g/mol. The van der Waals surface area contributed by atoms with Gasteiger partial charge < -0.3 is 33.8 Å². The Morgan fingerprint density at radius 1 is 0.238 bits per heavy atom. The van der Waals surface area contributed by atoms with Gasteiger partial charge in [-0.3, -0.25) is 37.3 Å². The molecule has 0 aliphatic carbocycles. The fourth-order valence-corrected chi connectivity index (χ4v) is 14.4. The number of aliphatic hydroxyl groups excluding tert-OH is 1. The van der Waals surface area contributed by atoms with Gasteiger partial charge in [-0.2, -0.15) is 0 Å². The summed E-state index contributed by atoms with van der Waals surface area (Å²) in [4.78, 5) is 72.9. The van der Waals surface area contributed by atoms with Crippen molar-refractivity contribution in [2.75, 3.05) is 39.6 Å². The Balaban J connectivity index is 5.15. The van der Waals surface area contributed by atoms with Crippen LogP contribution in [0.4, 0.5) is 0 Å². The molecular weight excluding hydrogens is 1320 g/mol. The molecule has 600 valence electrons. The molecule has 0 bridgehead atoms. The normalized spacial score (nSPS) is 13.8. The van der Waals surface area contributed by atoms with Crippen molar-refractivity contribution in [3.8, 4) is 0 Å².